The van der Waals surface area contributed by atoms with Crippen molar-refractivity contribution in [1.29, 1.82) is 0 Å². The summed E-state index contributed by atoms with van der Waals surface area (Å²) in [5, 5.41) is 20.3. The van der Waals surface area contributed by atoms with Gasteiger partial charge in [-0.2, -0.15) is 11.3 Å². The van der Waals surface area contributed by atoms with Crippen LogP contribution in [-0.2, 0) is 20.6 Å². The predicted molar refractivity (Wildman–Crippen MR) is 464 cm³/mol. The number of rotatable bonds is 0. The summed E-state index contributed by atoms with van der Waals surface area (Å²) in [6.07, 6.45) is 17.0. The van der Waals surface area contributed by atoms with E-state index in [1.165, 1.54) is 88.5 Å². The van der Waals surface area contributed by atoms with Gasteiger partial charge in [0.2, 0.25) is 0 Å². The van der Waals surface area contributed by atoms with Gasteiger partial charge < -0.3 is 45.8 Å². The second-order valence-electron chi connectivity index (χ2n) is 25.9. The average molecular weight is 1410 g/mol. The Morgan fingerprint density at radius 3 is 0.691 bits per heavy atom. The lowest BCUT2D eigenvalue weighted by Gasteiger charge is -2.16. The quantitative estimate of drug-likeness (QED) is 0.132. The maximum Gasteiger partial charge on any atom is 0.0591 e. The van der Waals surface area contributed by atoms with Crippen molar-refractivity contribution in [2.24, 2.45) is 47.3 Å². The third-order valence-electron chi connectivity index (χ3n) is 7.79. The van der Waals surface area contributed by atoms with Crippen LogP contribution in [0.2, 0.25) is 0 Å². The number of ether oxygens (including phenoxy) is 3. The molecule has 0 radical (unpaired) electrons. The third kappa shape index (κ3) is 263. The first-order valence-electron chi connectivity index (χ1n) is 40.8. The molecule has 6 aliphatic rings. The van der Waals surface area contributed by atoms with Crippen molar-refractivity contribution in [1.82, 2.24) is 26.3 Å². The van der Waals surface area contributed by atoms with E-state index >= 15 is 0 Å². The van der Waals surface area contributed by atoms with Crippen molar-refractivity contribution in [3.8, 4) is 0 Å². The minimum absolute atomic E-state index is 0.833. The molecule has 6 N–H and O–H groups in total. The van der Waals surface area contributed by atoms with Gasteiger partial charge in [0.15, 0.2) is 0 Å². The number of aromatic nitrogens is 1. The Labute approximate surface area is 623 Å². The summed E-state index contributed by atoms with van der Waals surface area (Å²) < 4.78 is 15.0. The van der Waals surface area contributed by atoms with E-state index in [0.29, 0.717) is 0 Å². The first-order chi connectivity index (χ1) is 46.3. The number of aryl methyl sites for hydroxylation is 1. The van der Waals surface area contributed by atoms with Crippen molar-refractivity contribution >= 4 is 17.0 Å². The number of nitrogens with one attached hydrogen (secondary N) is 6. The van der Waals surface area contributed by atoms with Crippen LogP contribution in [0.5, 0.6) is 0 Å². The van der Waals surface area contributed by atoms with E-state index in [4.69, 9.17) is 14.2 Å². The van der Waals surface area contributed by atoms with Gasteiger partial charge in [-0.15, -0.1) is 0 Å². The van der Waals surface area contributed by atoms with E-state index in [1.807, 2.05) is 158 Å². The molecule has 0 spiro atoms. The number of benzene rings is 1. The molecule has 6 aliphatic heterocycles. The van der Waals surface area contributed by atoms with E-state index in [1.54, 1.807) is 11.3 Å². The van der Waals surface area contributed by atoms with E-state index in [0.717, 1.165) is 133 Å². The van der Waals surface area contributed by atoms with E-state index in [9.17, 15) is 0 Å². The number of fused-ring (bicyclic) bond motifs is 1. The molecule has 97 heavy (non-hydrogen) atoms. The van der Waals surface area contributed by atoms with Crippen LogP contribution in [0, 0.1) is 47.3 Å². The second-order valence-corrected chi connectivity index (χ2v) is 26.7. The number of hydrogen-bond acceptors (Lipinski definition) is 9. The van der Waals surface area contributed by atoms with Crippen molar-refractivity contribution in [2.75, 3.05) is 104 Å². The highest BCUT2D eigenvalue weighted by Crippen LogP contribution is 2.20. The molecule has 10 heteroatoms. The highest BCUT2D eigenvalue weighted by molar-refractivity contribution is 7.07. The van der Waals surface area contributed by atoms with Gasteiger partial charge >= 0.3 is 0 Å². The average Bonchev–Trinajstić information content (AvgIpc) is 1.43. The zero-order chi connectivity index (χ0) is 79.0. The highest BCUT2D eigenvalue weighted by Gasteiger charge is 2.05. The molecule has 3 aromatic rings. The minimum atomic E-state index is 0.833. The van der Waals surface area contributed by atoms with Gasteiger partial charge in [-0.05, 0) is 153 Å². The van der Waals surface area contributed by atoms with Crippen LogP contribution in [0.4, 0.5) is 5.69 Å². The Balaban J connectivity index is -0.0000000565. The molecule has 0 atom stereocenters. The monoisotopic (exact) mass is 1410 g/mol. The molecule has 9 rings (SSSR count). The van der Waals surface area contributed by atoms with E-state index in [2.05, 4.69) is 222 Å². The van der Waals surface area contributed by atoms with Gasteiger partial charge in [0.25, 0.3) is 0 Å². The van der Waals surface area contributed by atoms with Gasteiger partial charge in [-0.3, -0.25) is 0 Å². The summed E-state index contributed by atoms with van der Waals surface area (Å²) in [6, 6.07) is 16.5. The fourth-order valence-electron chi connectivity index (χ4n) is 5.04. The Kier molecular flexibility index (Phi) is 195. The SMILES string of the molecule is C1CCNCC1.C1CCOC1.C1CCOCC1.C1CNCCN1.C1COCCN1.CC.CC.CC.CC.CC.CC.CC.CC.CC(C)C.CC(C)C.CC(C)C.CC(C)C.CC(C)C.CC(C)C.CC(C)C.CC(C)C.c1cc[nH]c1.c1ccc2c(c1)CCCN2.c1ccsc1. The first kappa shape index (κ1) is 131. The maximum atomic E-state index is 5.07. The highest BCUT2D eigenvalue weighted by atomic mass is 32.1. The molecular formula is C87H196N6O3S. The van der Waals surface area contributed by atoms with Gasteiger partial charge in [-0.1, -0.05) is 314 Å². The Hall–Kier alpha value is -2.28. The molecule has 0 aliphatic carbocycles. The van der Waals surface area contributed by atoms with Crippen molar-refractivity contribution in [3.05, 3.63) is 77.2 Å². The lowest BCUT2D eigenvalue weighted by molar-refractivity contribution is 0.0968. The van der Waals surface area contributed by atoms with Crippen molar-refractivity contribution in [3.63, 3.8) is 0 Å². The van der Waals surface area contributed by atoms with Crippen LogP contribution >= 0.6 is 11.3 Å². The molecule has 0 amide bonds. The Morgan fingerprint density at radius 1 is 0.268 bits per heavy atom. The number of H-pyrrole nitrogens is 1. The van der Waals surface area contributed by atoms with E-state index in [-0.39, 0.29) is 0 Å². The number of aromatic amines is 1. The molecule has 5 fully saturated rings. The lowest BCUT2D eigenvalue weighted by atomic mass is 10.0. The maximum absolute atomic E-state index is 5.07. The predicted octanol–water partition coefficient (Wildman–Crippen LogP) is 27.8. The number of thiophene rings is 1. The first-order valence-corrected chi connectivity index (χ1v) is 41.7. The molecule has 5 saturated heterocycles. The molecule has 0 unspecified atom stereocenters. The van der Waals surface area contributed by atoms with Gasteiger partial charge in [0.1, 0.15) is 0 Å². The minimum Gasteiger partial charge on any atom is -0.385 e. The van der Waals surface area contributed by atoms with Crippen LogP contribution in [0.15, 0.2) is 71.7 Å². The van der Waals surface area contributed by atoms with Crippen LogP contribution in [-0.4, -0.2) is 104 Å². The zero-order valence-corrected chi connectivity index (χ0v) is 75.7. The number of piperazine rings is 1. The van der Waals surface area contributed by atoms with Gasteiger partial charge in [0, 0.05) is 90.3 Å². The molecule has 2 aromatic heterocycles. The number of hydrogen-bond donors (Lipinski definition) is 6. The van der Waals surface area contributed by atoms with Crippen LogP contribution < -0.4 is 26.6 Å². The smallest absolute Gasteiger partial charge is 0.0591 e. The van der Waals surface area contributed by atoms with Gasteiger partial charge in [0.05, 0.1) is 13.2 Å². The zero-order valence-electron chi connectivity index (χ0n) is 74.9. The fraction of sp³-hybridized carbons (Fsp3) is 0.839. The van der Waals surface area contributed by atoms with Crippen molar-refractivity contribution < 1.29 is 14.2 Å². The van der Waals surface area contributed by atoms with Gasteiger partial charge in [-0.25, -0.2) is 0 Å². The third-order valence-corrected chi connectivity index (χ3v) is 8.42. The molecule has 0 saturated carbocycles. The summed E-state index contributed by atoms with van der Waals surface area (Å²) in [7, 11) is 0. The molecule has 8 heterocycles. The molecule has 0 bridgehead atoms. The molecule has 598 valence electrons. The molecular weight excluding hydrogens is 1210 g/mol. The Morgan fingerprint density at radius 2 is 0.526 bits per heavy atom. The number of piperidine rings is 1. The normalized spacial score (nSPS) is 13.1. The van der Waals surface area contributed by atoms with Crippen LogP contribution in [0.3, 0.4) is 0 Å². The molecule has 1 aromatic carbocycles. The second kappa shape index (κ2) is 144. The number of morpholine rings is 1. The number of para-hydroxylation sites is 1. The Bertz CT molecular complexity index is 1090. The standard InChI is InChI=1S/C9H11N.C5H11N.C5H10O.C4H10N2.C4H9NO.C4H5N.C4H8O.C4H4S.8C4H10.8C2H6/c1-2-6-9-8(4-1)5-3-7-10-9;2*1-2-4-6-5-3-1;1-2-6-4-3-5-1;1-3-6-4-2-5-1;3*1-2-4-5-3-1;8*1-4(2)3;8*1-2/h1-2,4,6,10H,3,5,7H2;6H,1-5H2;1-5H2;5-6H,1-4H2;5H,1-4H2;1-5H;1-4H2;1-4H;8*4H,1-3H3;8*1-2H3. The summed E-state index contributed by atoms with van der Waals surface area (Å²) in [6.45, 7) is 100. The summed E-state index contributed by atoms with van der Waals surface area (Å²) in [5.41, 5.74) is 2.79. The van der Waals surface area contributed by atoms with Crippen LogP contribution in [0.1, 0.15) is 340 Å². The van der Waals surface area contributed by atoms with Crippen LogP contribution in [0.25, 0.3) is 0 Å². The summed E-state index contributed by atoms with van der Waals surface area (Å²) in [5.74, 6) is 6.67. The summed E-state index contributed by atoms with van der Waals surface area (Å²) in [4.78, 5) is 2.86. The number of anilines is 1. The summed E-state index contributed by atoms with van der Waals surface area (Å²) >= 11 is 1.71. The topological polar surface area (TPSA) is 104 Å². The largest absolute Gasteiger partial charge is 0.385 e. The lowest BCUT2D eigenvalue weighted by Crippen LogP contribution is -2.39. The van der Waals surface area contributed by atoms with E-state index < -0.39 is 0 Å². The molecule has 9 nitrogen and oxygen atoms in total. The fourth-order valence-corrected chi connectivity index (χ4v) is 5.49. The van der Waals surface area contributed by atoms with Crippen molar-refractivity contribution in [2.45, 2.75) is 341 Å².